The highest BCUT2D eigenvalue weighted by atomic mass is 16.5. The van der Waals surface area contributed by atoms with E-state index in [9.17, 15) is 0 Å². The maximum absolute atomic E-state index is 5.92. The summed E-state index contributed by atoms with van der Waals surface area (Å²) in [6, 6.07) is 6.28. The molecule has 7 heteroatoms. The van der Waals surface area contributed by atoms with Gasteiger partial charge in [-0.15, -0.1) is 0 Å². The molecule has 0 amide bonds. The lowest BCUT2D eigenvalue weighted by molar-refractivity contribution is 0.293. The van der Waals surface area contributed by atoms with Gasteiger partial charge in [-0.1, -0.05) is 11.2 Å². The molecule has 0 spiro atoms. The third-order valence-corrected chi connectivity index (χ3v) is 4.31. The van der Waals surface area contributed by atoms with Crippen LogP contribution in [0.3, 0.4) is 0 Å². The van der Waals surface area contributed by atoms with Crippen LogP contribution in [0.15, 0.2) is 35.2 Å². The zero-order valence-electron chi connectivity index (χ0n) is 15.1. The van der Waals surface area contributed by atoms with Crippen molar-refractivity contribution >= 4 is 11.0 Å². The molecule has 26 heavy (non-hydrogen) atoms. The van der Waals surface area contributed by atoms with E-state index in [1.54, 1.807) is 10.9 Å². The first kappa shape index (κ1) is 16.3. The third kappa shape index (κ3) is 2.81. The maximum atomic E-state index is 5.92. The van der Waals surface area contributed by atoms with Gasteiger partial charge in [0.1, 0.15) is 24.1 Å². The van der Waals surface area contributed by atoms with Crippen molar-refractivity contribution in [3.63, 3.8) is 0 Å². The van der Waals surface area contributed by atoms with E-state index in [1.165, 1.54) is 17.5 Å². The summed E-state index contributed by atoms with van der Waals surface area (Å²) in [5, 5.41) is 9.20. The second-order valence-corrected chi connectivity index (χ2v) is 6.41. The van der Waals surface area contributed by atoms with E-state index in [0.29, 0.717) is 18.1 Å². The number of ether oxygens (including phenoxy) is 1. The highest BCUT2D eigenvalue weighted by Crippen LogP contribution is 2.25. The van der Waals surface area contributed by atoms with E-state index in [4.69, 9.17) is 9.26 Å². The van der Waals surface area contributed by atoms with E-state index in [0.717, 1.165) is 28.1 Å². The number of nitrogens with zero attached hydrogens (tertiary/aromatic N) is 5. The summed E-state index contributed by atoms with van der Waals surface area (Å²) < 4.78 is 12.9. The van der Waals surface area contributed by atoms with Crippen molar-refractivity contribution in [3.8, 4) is 11.6 Å². The van der Waals surface area contributed by atoms with E-state index in [-0.39, 0.29) is 0 Å². The number of aryl methyl sites for hydroxylation is 4. The van der Waals surface area contributed by atoms with Gasteiger partial charge in [-0.25, -0.2) is 14.6 Å². The summed E-state index contributed by atoms with van der Waals surface area (Å²) in [5.41, 5.74) is 5.77. The number of rotatable bonds is 4. The van der Waals surface area contributed by atoms with Gasteiger partial charge in [0.15, 0.2) is 5.65 Å². The molecule has 0 aliphatic heterocycles. The molecule has 0 bridgehead atoms. The minimum atomic E-state index is 0.335. The van der Waals surface area contributed by atoms with Crippen LogP contribution in [0.5, 0.6) is 5.88 Å². The fourth-order valence-corrected chi connectivity index (χ4v) is 3.05. The van der Waals surface area contributed by atoms with Crippen molar-refractivity contribution in [2.45, 2.75) is 34.3 Å². The third-order valence-electron chi connectivity index (χ3n) is 4.31. The lowest BCUT2D eigenvalue weighted by Crippen LogP contribution is -2.02. The van der Waals surface area contributed by atoms with Gasteiger partial charge in [-0.2, -0.15) is 5.10 Å². The molecule has 3 heterocycles. The molecule has 0 fully saturated rings. The van der Waals surface area contributed by atoms with Crippen molar-refractivity contribution in [2.24, 2.45) is 0 Å². The van der Waals surface area contributed by atoms with Crippen LogP contribution in [-0.4, -0.2) is 24.9 Å². The summed E-state index contributed by atoms with van der Waals surface area (Å²) in [6.45, 7) is 8.22. The topological polar surface area (TPSA) is 78.9 Å². The van der Waals surface area contributed by atoms with E-state index < -0.39 is 0 Å². The largest absolute Gasteiger partial charge is 0.472 e. The summed E-state index contributed by atoms with van der Waals surface area (Å²) in [6.07, 6.45) is 3.22. The standard InChI is InChI=1S/C19H19N5O2/c1-11-5-12(2)7-15(6-11)24-18-16(8-22-24)19(21-10-20-18)25-9-17-13(3)23-26-14(17)4/h5-8,10H,9H2,1-4H3. The van der Waals surface area contributed by atoms with Crippen molar-refractivity contribution < 1.29 is 9.26 Å². The SMILES string of the molecule is Cc1cc(C)cc(-n2ncc3c(OCc4c(C)noc4C)ncnc32)c1. The Morgan fingerprint density at radius 1 is 1.04 bits per heavy atom. The molecular formula is C19H19N5O2. The van der Waals surface area contributed by atoms with Crippen molar-refractivity contribution in [1.82, 2.24) is 24.9 Å². The Morgan fingerprint density at radius 3 is 2.50 bits per heavy atom. The Morgan fingerprint density at radius 2 is 1.81 bits per heavy atom. The second kappa shape index (κ2) is 6.25. The Bertz CT molecular complexity index is 1060. The average molecular weight is 349 g/mol. The molecule has 0 aliphatic rings. The Hall–Kier alpha value is -3.22. The second-order valence-electron chi connectivity index (χ2n) is 6.41. The van der Waals surface area contributed by atoms with Gasteiger partial charge in [0.25, 0.3) is 0 Å². The number of aromatic nitrogens is 5. The average Bonchev–Trinajstić information content (AvgIpc) is 3.16. The van der Waals surface area contributed by atoms with E-state index >= 15 is 0 Å². The fourth-order valence-electron chi connectivity index (χ4n) is 3.05. The van der Waals surface area contributed by atoms with Crippen LogP contribution in [-0.2, 0) is 6.61 Å². The minimum absolute atomic E-state index is 0.335. The molecule has 0 aliphatic carbocycles. The van der Waals surface area contributed by atoms with Crippen molar-refractivity contribution in [2.75, 3.05) is 0 Å². The number of benzene rings is 1. The highest BCUT2D eigenvalue weighted by Gasteiger charge is 2.15. The molecule has 7 nitrogen and oxygen atoms in total. The Balaban J connectivity index is 1.71. The van der Waals surface area contributed by atoms with Crippen LogP contribution in [0.1, 0.15) is 28.1 Å². The summed E-state index contributed by atoms with van der Waals surface area (Å²) in [4.78, 5) is 8.67. The molecule has 3 aromatic heterocycles. The first-order valence-electron chi connectivity index (χ1n) is 8.35. The summed E-state index contributed by atoms with van der Waals surface area (Å²) in [7, 11) is 0. The van der Waals surface area contributed by atoms with Crippen LogP contribution in [0.2, 0.25) is 0 Å². The zero-order valence-corrected chi connectivity index (χ0v) is 15.1. The number of hydrogen-bond donors (Lipinski definition) is 0. The van der Waals surface area contributed by atoms with Crippen LogP contribution in [0.4, 0.5) is 0 Å². The zero-order chi connectivity index (χ0) is 18.3. The number of hydrogen-bond acceptors (Lipinski definition) is 6. The van der Waals surface area contributed by atoms with E-state index in [1.807, 2.05) is 13.8 Å². The van der Waals surface area contributed by atoms with E-state index in [2.05, 4.69) is 52.3 Å². The molecule has 0 saturated carbocycles. The fraction of sp³-hybridized carbons (Fsp3) is 0.263. The molecule has 1 aromatic carbocycles. The maximum Gasteiger partial charge on any atom is 0.228 e. The predicted octanol–water partition coefficient (Wildman–Crippen LogP) is 3.62. The highest BCUT2D eigenvalue weighted by molar-refractivity contribution is 5.81. The van der Waals surface area contributed by atoms with Crippen LogP contribution in [0.25, 0.3) is 16.7 Å². The molecule has 4 aromatic rings. The van der Waals surface area contributed by atoms with Crippen molar-refractivity contribution in [1.29, 1.82) is 0 Å². The van der Waals surface area contributed by atoms with Gasteiger partial charge in [0.2, 0.25) is 5.88 Å². The summed E-state index contributed by atoms with van der Waals surface area (Å²) >= 11 is 0. The molecule has 4 rings (SSSR count). The lowest BCUT2D eigenvalue weighted by atomic mass is 10.1. The molecular weight excluding hydrogens is 330 g/mol. The minimum Gasteiger partial charge on any atom is -0.472 e. The van der Waals surface area contributed by atoms with Gasteiger partial charge >= 0.3 is 0 Å². The monoisotopic (exact) mass is 349 g/mol. The van der Waals surface area contributed by atoms with Crippen LogP contribution < -0.4 is 4.74 Å². The van der Waals surface area contributed by atoms with Gasteiger partial charge in [-0.3, -0.25) is 0 Å². The smallest absolute Gasteiger partial charge is 0.228 e. The van der Waals surface area contributed by atoms with Crippen LogP contribution >= 0.6 is 0 Å². The van der Waals surface area contributed by atoms with Gasteiger partial charge < -0.3 is 9.26 Å². The Kier molecular flexibility index (Phi) is 3.91. The first-order chi connectivity index (χ1) is 12.5. The normalized spacial score (nSPS) is 11.2. The van der Waals surface area contributed by atoms with Gasteiger partial charge in [0, 0.05) is 0 Å². The molecule has 0 unspecified atom stereocenters. The first-order valence-corrected chi connectivity index (χ1v) is 8.35. The molecule has 0 radical (unpaired) electrons. The quantitative estimate of drug-likeness (QED) is 0.560. The molecule has 0 N–H and O–H groups in total. The Labute approximate surface area is 150 Å². The molecule has 0 saturated heterocycles. The summed E-state index contributed by atoms with van der Waals surface area (Å²) in [5.74, 6) is 1.24. The molecule has 0 atom stereocenters. The predicted molar refractivity (Wildman–Crippen MR) is 96.4 cm³/mol. The molecule has 132 valence electrons. The van der Waals surface area contributed by atoms with Crippen LogP contribution in [0, 0.1) is 27.7 Å². The lowest BCUT2D eigenvalue weighted by Gasteiger charge is -2.07. The number of fused-ring (bicyclic) bond motifs is 1. The van der Waals surface area contributed by atoms with Gasteiger partial charge in [0.05, 0.1) is 23.1 Å². The van der Waals surface area contributed by atoms with Crippen molar-refractivity contribution in [3.05, 3.63) is 58.9 Å². The van der Waals surface area contributed by atoms with Gasteiger partial charge in [-0.05, 0) is 51.0 Å².